The molecule has 0 radical (unpaired) electrons. The molecule has 0 aliphatic rings. The molecule has 0 aliphatic heterocycles. The Morgan fingerprint density at radius 3 is 2.62 bits per heavy atom. The van der Waals surface area contributed by atoms with Crippen molar-refractivity contribution in [3.63, 3.8) is 0 Å². The van der Waals surface area contributed by atoms with Crippen LogP contribution in [-0.4, -0.2) is 16.7 Å². The van der Waals surface area contributed by atoms with Gasteiger partial charge in [0.1, 0.15) is 11.4 Å². The molecule has 3 aromatic rings. The van der Waals surface area contributed by atoms with Gasteiger partial charge in [-0.3, -0.25) is 0 Å². The first kappa shape index (κ1) is 18.5. The van der Waals surface area contributed by atoms with E-state index in [0.717, 1.165) is 15.8 Å². The molecule has 136 valence electrons. The Hall–Kier alpha value is -2.31. The van der Waals surface area contributed by atoms with Gasteiger partial charge in [0.15, 0.2) is 0 Å². The van der Waals surface area contributed by atoms with Crippen LogP contribution in [0.3, 0.4) is 0 Å². The minimum absolute atomic E-state index is 0.384. The lowest BCUT2D eigenvalue weighted by molar-refractivity contribution is 0.0523. The van der Waals surface area contributed by atoms with Crippen molar-refractivity contribution in [2.24, 2.45) is 0 Å². The first-order valence-electron chi connectivity index (χ1n) is 8.08. The number of hydrogen-bond acceptors (Lipinski definition) is 5. The number of aromatic nitrogens is 1. The van der Waals surface area contributed by atoms with Crippen molar-refractivity contribution in [2.75, 3.05) is 0 Å². The van der Waals surface area contributed by atoms with Crippen molar-refractivity contribution < 1.29 is 14.3 Å². The summed E-state index contributed by atoms with van der Waals surface area (Å²) in [6, 6.07) is 13.0. The summed E-state index contributed by atoms with van der Waals surface area (Å²) in [6.07, 6.45) is -0.439. The Kier molecular flexibility index (Phi) is 5.34. The highest BCUT2D eigenvalue weighted by molar-refractivity contribution is 7.20. The summed E-state index contributed by atoms with van der Waals surface area (Å²) in [5, 5.41) is 3.96. The monoisotopic (exact) mass is 390 g/mol. The van der Waals surface area contributed by atoms with E-state index < -0.39 is 11.7 Å². The SMILES string of the molecule is CC(C)(C)OC(=O)NCc1ccc(Oc2nc3ccc(Cl)cc3s2)cc1. The summed E-state index contributed by atoms with van der Waals surface area (Å²) in [5.74, 6) is 0.677. The van der Waals surface area contributed by atoms with Gasteiger partial charge in [-0.2, -0.15) is 0 Å². The number of halogens is 1. The van der Waals surface area contributed by atoms with Crippen molar-refractivity contribution >= 4 is 39.2 Å². The molecule has 0 fully saturated rings. The van der Waals surface area contributed by atoms with Crippen molar-refractivity contribution in [1.29, 1.82) is 0 Å². The lowest BCUT2D eigenvalue weighted by Crippen LogP contribution is -2.32. The molecule has 26 heavy (non-hydrogen) atoms. The number of hydrogen-bond donors (Lipinski definition) is 1. The van der Waals surface area contributed by atoms with Gasteiger partial charge in [-0.1, -0.05) is 35.1 Å². The summed E-state index contributed by atoms with van der Waals surface area (Å²) in [4.78, 5) is 16.1. The molecule has 0 saturated heterocycles. The normalized spacial score (nSPS) is 11.4. The van der Waals surface area contributed by atoms with Crippen LogP contribution < -0.4 is 10.1 Å². The summed E-state index contributed by atoms with van der Waals surface area (Å²) >= 11 is 7.43. The van der Waals surface area contributed by atoms with Gasteiger partial charge in [0.2, 0.25) is 0 Å². The first-order chi connectivity index (χ1) is 12.3. The molecule has 3 rings (SSSR count). The van der Waals surface area contributed by atoms with E-state index in [1.165, 1.54) is 11.3 Å². The zero-order chi connectivity index (χ0) is 18.7. The second-order valence-corrected chi connectivity index (χ2v) is 8.12. The van der Waals surface area contributed by atoms with Crippen LogP contribution >= 0.6 is 22.9 Å². The number of amides is 1. The fourth-order valence-corrected chi connectivity index (χ4v) is 3.30. The van der Waals surface area contributed by atoms with Crippen LogP contribution in [0.15, 0.2) is 42.5 Å². The van der Waals surface area contributed by atoms with Gasteiger partial charge in [-0.25, -0.2) is 9.78 Å². The van der Waals surface area contributed by atoms with Crippen LogP contribution in [0.25, 0.3) is 10.2 Å². The van der Waals surface area contributed by atoms with E-state index in [4.69, 9.17) is 21.1 Å². The number of alkyl carbamates (subject to hydrolysis) is 1. The lowest BCUT2D eigenvalue weighted by Gasteiger charge is -2.19. The highest BCUT2D eigenvalue weighted by atomic mass is 35.5. The topological polar surface area (TPSA) is 60.5 Å². The molecule has 2 aromatic carbocycles. The lowest BCUT2D eigenvalue weighted by atomic mass is 10.2. The Morgan fingerprint density at radius 2 is 1.92 bits per heavy atom. The molecule has 0 atom stereocenters. The Labute approximate surface area is 160 Å². The zero-order valence-corrected chi connectivity index (χ0v) is 16.3. The Morgan fingerprint density at radius 1 is 1.19 bits per heavy atom. The predicted molar refractivity (Wildman–Crippen MR) is 104 cm³/mol. The number of nitrogens with one attached hydrogen (secondary N) is 1. The summed E-state index contributed by atoms with van der Waals surface area (Å²) in [7, 11) is 0. The summed E-state index contributed by atoms with van der Waals surface area (Å²) in [6.45, 7) is 5.87. The number of carbonyl (C=O) groups is 1. The number of benzene rings is 2. The molecule has 0 unspecified atom stereocenters. The Bertz CT molecular complexity index is 917. The molecular formula is C19H19ClN2O3S. The van der Waals surface area contributed by atoms with Crippen molar-refractivity contribution in [2.45, 2.75) is 32.9 Å². The van der Waals surface area contributed by atoms with E-state index in [1.807, 2.05) is 57.2 Å². The van der Waals surface area contributed by atoms with Crippen LogP contribution in [0.2, 0.25) is 5.02 Å². The second kappa shape index (κ2) is 7.51. The fraction of sp³-hybridized carbons (Fsp3) is 0.263. The molecule has 0 spiro atoms. The maximum atomic E-state index is 11.7. The van der Waals surface area contributed by atoms with Gasteiger partial charge >= 0.3 is 6.09 Å². The summed E-state index contributed by atoms with van der Waals surface area (Å²) in [5.41, 5.74) is 1.29. The minimum atomic E-state index is -0.511. The van der Waals surface area contributed by atoms with Crippen molar-refractivity contribution in [1.82, 2.24) is 10.3 Å². The average Bonchev–Trinajstić information content (AvgIpc) is 2.94. The van der Waals surface area contributed by atoms with Crippen LogP contribution in [-0.2, 0) is 11.3 Å². The predicted octanol–water partition coefficient (Wildman–Crippen LogP) is 5.77. The molecule has 5 nitrogen and oxygen atoms in total. The number of rotatable bonds is 4. The highest BCUT2D eigenvalue weighted by Crippen LogP contribution is 2.32. The number of carbonyl (C=O) groups excluding carboxylic acids is 1. The third-order valence-corrected chi connectivity index (χ3v) is 4.43. The van der Waals surface area contributed by atoms with Gasteiger partial charge in [0.05, 0.1) is 10.2 Å². The molecule has 0 saturated carbocycles. The van der Waals surface area contributed by atoms with E-state index in [0.29, 0.717) is 22.5 Å². The molecule has 1 N–H and O–H groups in total. The fourth-order valence-electron chi connectivity index (χ4n) is 2.19. The first-order valence-corrected chi connectivity index (χ1v) is 9.28. The molecule has 1 aromatic heterocycles. The molecule has 1 heterocycles. The van der Waals surface area contributed by atoms with Crippen LogP contribution in [0, 0.1) is 0 Å². The van der Waals surface area contributed by atoms with Crippen LogP contribution in [0.1, 0.15) is 26.3 Å². The molecular weight excluding hydrogens is 372 g/mol. The van der Waals surface area contributed by atoms with Crippen LogP contribution in [0.5, 0.6) is 10.9 Å². The van der Waals surface area contributed by atoms with E-state index in [1.54, 1.807) is 6.07 Å². The number of thiazole rings is 1. The standard InChI is InChI=1S/C19H19ClN2O3S/c1-19(2,3)25-17(23)21-11-12-4-7-14(8-5-12)24-18-22-15-9-6-13(20)10-16(15)26-18/h4-10H,11H2,1-3H3,(H,21,23). The quantitative estimate of drug-likeness (QED) is 0.614. The maximum Gasteiger partial charge on any atom is 0.407 e. The second-order valence-electron chi connectivity index (χ2n) is 6.69. The minimum Gasteiger partial charge on any atom is -0.444 e. The molecule has 0 bridgehead atoms. The third-order valence-electron chi connectivity index (χ3n) is 3.30. The highest BCUT2D eigenvalue weighted by Gasteiger charge is 2.15. The van der Waals surface area contributed by atoms with Gasteiger partial charge in [-0.05, 0) is 56.7 Å². The van der Waals surface area contributed by atoms with E-state index >= 15 is 0 Å². The van der Waals surface area contributed by atoms with E-state index in [9.17, 15) is 4.79 Å². The number of ether oxygens (including phenoxy) is 2. The summed E-state index contributed by atoms with van der Waals surface area (Å²) < 4.78 is 12.0. The van der Waals surface area contributed by atoms with E-state index in [2.05, 4.69) is 10.3 Å². The van der Waals surface area contributed by atoms with Crippen LogP contribution in [0.4, 0.5) is 4.79 Å². The number of nitrogens with zero attached hydrogens (tertiary/aromatic N) is 1. The maximum absolute atomic E-state index is 11.7. The number of fused-ring (bicyclic) bond motifs is 1. The van der Waals surface area contributed by atoms with E-state index in [-0.39, 0.29) is 0 Å². The largest absolute Gasteiger partial charge is 0.444 e. The smallest absolute Gasteiger partial charge is 0.407 e. The Balaban J connectivity index is 1.59. The van der Waals surface area contributed by atoms with Gasteiger partial charge < -0.3 is 14.8 Å². The zero-order valence-electron chi connectivity index (χ0n) is 14.7. The van der Waals surface area contributed by atoms with Crippen molar-refractivity contribution in [3.05, 3.63) is 53.1 Å². The molecule has 7 heteroatoms. The van der Waals surface area contributed by atoms with Gasteiger partial charge in [0.25, 0.3) is 5.19 Å². The molecule has 1 amide bonds. The third kappa shape index (κ3) is 5.09. The van der Waals surface area contributed by atoms with Gasteiger partial charge in [-0.15, -0.1) is 0 Å². The van der Waals surface area contributed by atoms with Gasteiger partial charge in [0, 0.05) is 11.6 Å². The van der Waals surface area contributed by atoms with Crippen molar-refractivity contribution in [3.8, 4) is 10.9 Å². The molecule has 0 aliphatic carbocycles. The average molecular weight is 391 g/mol.